The van der Waals surface area contributed by atoms with Crippen molar-refractivity contribution in [1.82, 2.24) is 4.90 Å². The minimum Gasteiger partial charge on any atom is -0.462 e. The molecule has 0 N–H and O–H groups in total. The molecular formula is C24H48BrNO2. The van der Waals surface area contributed by atoms with E-state index in [2.05, 4.69) is 32.5 Å². The van der Waals surface area contributed by atoms with E-state index in [1.54, 1.807) is 6.92 Å². The summed E-state index contributed by atoms with van der Waals surface area (Å²) in [6.07, 6.45) is 20.2. The second-order valence-corrected chi connectivity index (χ2v) is 8.35. The molecule has 0 heterocycles. The van der Waals surface area contributed by atoms with Gasteiger partial charge >= 0.3 is 5.97 Å². The molecule has 1 unspecified atom stereocenters. The van der Waals surface area contributed by atoms with Gasteiger partial charge in [0.15, 0.2) is 0 Å². The average molecular weight is 463 g/mol. The van der Waals surface area contributed by atoms with Crippen LogP contribution in [0.2, 0.25) is 0 Å². The van der Waals surface area contributed by atoms with Crippen LogP contribution in [0.3, 0.4) is 0 Å². The Morgan fingerprint density at radius 1 is 0.821 bits per heavy atom. The molecular weight excluding hydrogens is 414 g/mol. The van der Waals surface area contributed by atoms with Crippen LogP contribution in [-0.4, -0.2) is 37.6 Å². The van der Waals surface area contributed by atoms with Gasteiger partial charge in [-0.3, -0.25) is 0 Å². The van der Waals surface area contributed by atoms with Crippen LogP contribution in [0, 0.1) is 0 Å². The summed E-state index contributed by atoms with van der Waals surface area (Å²) in [4.78, 5) is 13.7. The highest BCUT2D eigenvalue weighted by molar-refractivity contribution is 8.93. The van der Waals surface area contributed by atoms with E-state index < -0.39 is 0 Å². The van der Waals surface area contributed by atoms with Gasteiger partial charge in [-0.05, 0) is 33.9 Å². The number of nitrogens with zero attached hydrogens (tertiary/aromatic N) is 1. The first kappa shape index (κ1) is 29.8. The zero-order valence-electron chi connectivity index (χ0n) is 19.3. The molecule has 168 valence electrons. The van der Waals surface area contributed by atoms with E-state index in [1.807, 2.05) is 0 Å². The number of hydrogen-bond donors (Lipinski definition) is 0. The van der Waals surface area contributed by atoms with Crippen molar-refractivity contribution in [3.8, 4) is 0 Å². The second-order valence-electron chi connectivity index (χ2n) is 8.35. The summed E-state index contributed by atoms with van der Waals surface area (Å²) in [5.41, 5.74) is 0.480. The average Bonchev–Trinajstić information content (AvgIpc) is 2.63. The molecule has 0 amide bonds. The van der Waals surface area contributed by atoms with Crippen LogP contribution >= 0.6 is 17.0 Å². The number of carbonyl (C=O) groups excluding carboxylic acids is 1. The van der Waals surface area contributed by atoms with Crippen molar-refractivity contribution in [3.63, 3.8) is 0 Å². The van der Waals surface area contributed by atoms with Gasteiger partial charge in [-0.25, -0.2) is 4.79 Å². The van der Waals surface area contributed by atoms with Gasteiger partial charge in [-0.15, -0.1) is 17.0 Å². The first-order valence-electron chi connectivity index (χ1n) is 11.5. The van der Waals surface area contributed by atoms with Gasteiger partial charge in [0.25, 0.3) is 0 Å². The van der Waals surface area contributed by atoms with Crippen molar-refractivity contribution in [2.45, 2.75) is 116 Å². The molecule has 0 radical (unpaired) electrons. The number of carbonyl (C=O) groups is 1. The Bertz CT molecular complexity index is 372. The van der Waals surface area contributed by atoms with Gasteiger partial charge < -0.3 is 9.64 Å². The number of ether oxygens (including phenoxy) is 1. The molecule has 0 aliphatic rings. The summed E-state index contributed by atoms with van der Waals surface area (Å²) in [7, 11) is 4.24. The fourth-order valence-corrected chi connectivity index (χ4v) is 3.47. The molecule has 3 nitrogen and oxygen atoms in total. The third-order valence-electron chi connectivity index (χ3n) is 5.40. The van der Waals surface area contributed by atoms with Crippen molar-refractivity contribution in [1.29, 1.82) is 0 Å². The minimum absolute atomic E-state index is 0. The lowest BCUT2D eigenvalue weighted by Gasteiger charge is -2.24. The van der Waals surface area contributed by atoms with Crippen molar-refractivity contribution in [2.24, 2.45) is 0 Å². The van der Waals surface area contributed by atoms with Crippen molar-refractivity contribution < 1.29 is 9.53 Å². The minimum atomic E-state index is -0.270. The van der Waals surface area contributed by atoms with Crippen LogP contribution in [0.15, 0.2) is 12.2 Å². The highest BCUT2D eigenvalue weighted by Gasteiger charge is 2.12. The van der Waals surface area contributed by atoms with Crippen molar-refractivity contribution in [2.75, 3.05) is 20.7 Å². The largest absolute Gasteiger partial charge is 0.462 e. The lowest BCUT2D eigenvalue weighted by Crippen LogP contribution is -2.29. The Hall–Kier alpha value is -0.350. The molecule has 0 aromatic carbocycles. The zero-order chi connectivity index (χ0) is 20.3. The fourth-order valence-electron chi connectivity index (χ4n) is 3.47. The van der Waals surface area contributed by atoms with Crippen LogP contribution < -0.4 is 0 Å². The van der Waals surface area contributed by atoms with E-state index in [4.69, 9.17) is 4.74 Å². The Labute approximate surface area is 186 Å². The van der Waals surface area contributed by atoms with Crippen LogP contribution in [0.25, 0.3) is 0 Å². The SMILES string of the molecule is Br.C=C(C)C(=O)OCCC(CCCCCCCCCCCCCCC)N(C)C. The number of hydrogen-bond acceptors (Lipinski definition) is 3. The van der Waals surface area contributed by atoms with Gasteiger partial charge in [-0.2, -0.15) is 0 Å². The van der Waals surface area contributed by atoms with Gasteiger partial charge in [0, 0.05) is 11.6 Å². The molecule has 0 spiro atoms. The van der Waals surface area contributed by atoms with Gasteiger partial charge in [-0.1, -0.05) is 97.0 Å². The van der Waals surface area contributed by atoms with Gasteiger partial charge in [0.2, 0.25) is 0 Å². The van der Waals surface area contributed by atoms with Crippen LogP contribution in [0.5, 0.6) is 0 Å². The van der Waals surface area contributed by atoms with Crippen molar-refractivity contribution >= 4 is 23.0 Å². The summed E-state index contributed by atoms with van der Waals surface area (Å²) in [6, 6.07) is 0.496. The topological polar surface area (TPSA) is 29.5 Å². The summed E-state index contributed by atoms with van der Waals surface area (Å²) < 4.78 is 5.24. The lowest BCUT2D eigenvalue weighted by atomic mass is 10.0. The molecule has 4 heteroatoms. The zero-order valence-corrected chi connectivity index (χ0v) is 21.0. The van der Waals surface area contributed by atoms with E-state index in [0.717, 1.165) is 6.42 Å². The molecule has 0 saturated heterocycles. The van der Waals surface area contributed by atoms with Gasteiger partial charge in [0.1, 0.15) is 0 Å². The molecule has 0 rings (SSSR count). The Balaban J connectivity index is 0. The molecule has 0 aliphatic carbocycles. The van der Waals surface area contributed by atoms with Gasteiger partial charge in [0.05, 0.1) is 6.61 Å². The van der Waals surface area contributed by atoms with Crippen LogP contribution in [-0.2, 0) is 9.53 Å². The predicted octanol–water partition coefficient (Wildman–Crippen LogP) is 7.49. The highest BCUT2D eigenvalue weighted by Crippen LogP contribution is 2.15. The highest BCUT2D eigenvalue weighted by atomic mass is 79.9. The molecule has 0 saturated carbocycles. The molecule has 0 aromatic rings. The predicted molar refractivity (Wildman–Crippen MR) is 128 cm³/mol. The Morgan fingerprint density at radius 2 is 1.25 bits per heavy atom. The maximum atomic E-state index is 11.4. The summed E-state index contributed by atoms with van der Waals surface area (Å²) in [6.45, 7) is 8.09. The maximum absolute atomic E-state index is 11.4. The number of rotatable bonds is 19. The molecule has 1 atom stereocenters. The number of halogens is 1. The molecule has 0 aromatic heterocycles. The number of unbranched alkanes of at least 4 members (excludes halogenated alkanes) is 12. The number of esters is 1. The van der Waals surface area contributed by atoms with Crippen molar-refractivity contribution in [3.05, 3.63) is 12.2 Å². The standard InChI is InChI=1S/C24H47NO2.BrH/c1-6-7-8-9-10-11-12-13-14-15-16-17-18-19-23(25(4)5)20-21-27-24(26)22(2)3;/h23H,2,6-21H2,1,3-5H3;1H. The first-order chi connectivity index (χ1) is 13.0. The molecule has 0 fully saturated rings. The van der Waals surface area contributed by atoms with E-state index >= 15 is 0 Å². The molecule has 28 heavy (non-hydrogen) atoms. The Morgan fingerprint density at radius 3 is 1.64 bits per heavy atom. The monoisotopic (exact) mass is 461 g/mol. The smallest absolute Gasteiger partial charge is 0.333 e. The molecule has 0 aliphatic heterocycles. The summed E-state index contributed by atoms with van der Waals surface area (Å²) in [5, 5.41) is 0. The fraction of sp³-hybridized carbons (Fsp3) is 0.875. The Kier molecular flexibility index (Phi) is 22.8. The molecule has 0 bridgehead atoms. The quantitative estimate of drug-likeness (QED) is 0.113. The third-order valence-corrected chi connectivity index (χ3v) is 5.40. The van der Waals surface area contributed by atoms with E-state index in [9.17, 15) is 4.79 Å². The van der Waals surface area contributed by atoms with E-state index in [0.29, 0.717) is 18.2 Å². The third kappa shape index (κ3) is 19.0. The summed E-state index contributed by atoms with van der Waals surface area (Å²) in [5.74, 6) is -0.270. The maximum Gasteiger partial charge on any atom is 0.333 e. The van der Waals surface area contributed by atoms with E-state index in [1.165, 1.54) is 89.9 Å². The normalized spacial score (nSPS) is 11.9. The summed E-state index contributed by atoms with van der Waals surface area (Å²) >= 11 is 0. The first-order valence-corrected chi connectivity index (χ1v) is 11.5. The second kappa shape index (κ2) is 21.4. The lowest BCUT2D eigenvalue weighted by molar-refractivity contribution is -0.139. The van der Waals surface area contributed by atoms with E-state index in [-0.39, 0.29) is 23.0 Å². The van der Waals surface area contributed by atoms with Crippen LogP contribution in [0.1, 0.15) is 110 Å². The van der Waals surface area contributed by atoms with Crippen LogP contribution in [0.4, 0.5) is 0 Å².